The van der Waals surface area contributed by atoms with Crippen molar-refractivity contribution in [1.82, 2.24) is 4.98 Å². The second kappa shape index (κ2) is 4.96. The highest BCUT2D eigenvalue weighted by Gasteiger charge is 2.14. The summed E-state index contributed by atoms with van der Waals surface area (Å²) in [7, 11) is 0. The topological polar surface area (TPSA) is 45.6 Å². The Morgan fingerprint density at radius 2 is 1.89 bits per heavy atom. The Labute approximate surface area is 109 Å². The van der Waals surface area contributed by atoms with Gasteiger partial charge in [0, 0.05) is 24.0 Å². The van der Waals surface area contributed by atoms with Gasteiger partial charge in [0.15, 0.2) is 0 Å². The number of anilines is 1. The van der Waals surface area contributed by atoms with Crippen LogP contribution in [0.25, 0.3) is 10.6 Å². The normalized spacial score (nSPS) is 15.9. The third kappa shape index (κ3) is 2.32. The number of aromatic nitrogens is 1. The largest absolute Gasteiger partial charge is 0.508 e. The highest BCUT2D eigenvalue weighted by Crippen LogP contribution is 2.28. The monoisotopic (exact) mass is 262 g/mol. The van der Waals surface area contributed by atoms with Gasteiger partial charge in [-0.05, 0) is 24.3 Å². The van der Waals surface area contributed by atoms with Gasteiger partial charge in [0.25, 0.3) is 0 Å². The lowest BCUT2D eigenvalue weighted by atomic mass is 10.2. The van der Waals surface area contributed by atoms with Crippen LogP contribution in [0.4, 0.5) is 5.82 Å². The highest BCUT2D eigenvalue weighted by atomic mass is 32.1. The third-order valence-corrected chi connectivity index (χ3v) is 3.82. The summed E-state index contributed by atoms with van der Waals surface area (Å²) in [6.45, 7) is 3.34. The van der Waals surface area contributed by atoms with Crippen LogP contribution in [0.1, 0.15) is 0 Å². The molecule has 94 valence electrons. The van der Waals surface area contributed by atoms with Crippen LogP contribution >= 0.6 is 11.3 Å². The van der Waals surface area contributed by atoms with Crippen LogP contribution < -0.4 is 4.90 Å². The fourth-order valence-corrected chi connectivity index (χ4v) is 2.78. The Balaban J connectivity index is 1.82. The van der Waals surface area contributed by atoms with Crippen LogP contribution in [0, 0.1) is 0 Å². The molecular formula is C13H14N2O2S. The number of phenolic OH excluding ortho intramolecular Hbond substituents is 1. The number of nitrogens with zero attached hydrogens (tertiary/aromatic N) is 2. The van der Waals surface area contributed by atoms with E-state index in [2.05, 4.69) is 15.3 Å². The Hall–Kier alpha value is -1.59. The number of hydrogen-bond acceptors (Lipinski definition) is 5. The summed E-state index contributed by atoms with van der Waals surface area (Å²) in [5.74, 6) is 1.30. The Kier molecular flexibility index (Phi) is 3.17. The maximum Gasteiger partial charge on any atom is 0.140 e. The average molecular weight is 262 g/mol. The van der Waals surface area contributed by atoms with E-state index in [9.17, 15) is 5.11 Å². The maximum absolute atomic E-state index is 9.27. The zero-order valence-electron chi connectivity index (χ0n) is 9.87. The summed E-state index contributed by atoms with van der Waals surface area (Å²) < 4.78 is 5.33. The van der Waals surface area contributed by atoms with Crippen molar-refractivity contribution in [3.05, 3.63) is 29.6 Å². The number of ether oxygens (including phenoxy) is 1. The van der Waals surface area contributed by atoms with Gasteiger partial charge in [-0.3, -0.25) is 0 Å². The lowest BCUT2D eigenvalue weighted by molar-refractivity contribution is 0.122. The SMILES string of the molecule is Oc1ccc(-c2nc(N3CCOCC3)cs2)cc1. The molecule has 0 aliphatic carbocycles. The van der Waals surface area contributed by atoms with Crippen LogP contribution in [0.5, 0.6) is 5.75 Å². The van der Waals surface area contributed by atoms with Crippen molar-refractivity contribution >= 4 is 17.2 Å². The second-order valence-corrected chi connectivity index (χ2v) is 5.02. The van der Waals surface area contributed by atoms with E-state index in [4.69, 9.17) is 4.74 Å². The van der Waals surface area contributed by atoms with Crippen molar-refractivity contribution in [1.29, 1.82) is 0 Å². The molecule has 0 amide bonds. The van der Waals surface area contributed by atoms with Gasteiger partial charge in [-0.15, -0.1) is 11.3 Å². The summed E-state index contributed by atoms with van der Waals surface area (Å²) >= 11 is 1.63. The Bertz CT molecular complexity index is 518. The first-order valence-electron chi connectivity index (χ1n) is 5.90. The van der Waals surface area contributed by atoms with Crippen LogP contribution in [-0.2, 0) is 4.74 Å². The summed E-state index contributed by atoms with van der Waals surface area (Å²) in [6, 6.07) is 7.14. The van der Waals surface area contributed by atoms with Gasteiger partial charge in [0.2, 0.25) is 0 Å². The molecule has 0 spiro atoms. The lowest BCUT2D eigenvalue weighted by Crippen LogP contribution is -2.36. The molecule has 0 atom stereocenters. The number of rotatable bonds is 2. The predicted molar refractivity (Wildman–Crippen MR) is 72.2 cm³/mol. The molecule has 1 aromatic carbocycles. The molecule has 5 heteroatoms. The molecule has 4 nitrogen and oxygen atoms in total. The molecule has 1 saturated heterocycles. The number of thiazole rings is 1. The van der Waals surface area contributed by atoms with Crippen molar-refractivity contribution < 1.29 is 9.84 Å². The maximum atomic E-state index is 9.27. The first-order valence-corrected chi connectivity index (χ1v) is 6.78. The molecule has 2 aromatic rings. The van der Waals surface area contributed by atoms with Gasteiger partial charge in [0.1, 0.15) is 16.6 Å². The van der Waals surface area contributed by atoms with Gasteiger partial charge < -0.3 is 14.7 Å². The van der Waals surface area contributed by atoms with E-state index in [1.165, 1.54) is 0 Å². The quantitative estimate of drug-likeness (QED) is 0.902. The summed E-state index contributed by atoms with van der Waals surface area (Å²) in [5, 5.41) is 12.3. The molecule has 0 saturated carbocycles. The molecule has 0 bridgehead atoms. The molecule has 0 radical (unpaired) electrons. The number of morpholine rings is 1. The third-order valence-electron chi connectivity index (χ3n) is 2.94. The standard InChI is InChI=1S/C13H14N2O2S/c16-11-3-1-10(2-4-11)13-14-12(9-18-13)15-5-7-17-8-6-15/h1-4,9,16H,5-8H2. The number of aromatic hydroxyl groups is 1. The molecule has 1 N–H and O–H groups in total. The zero-order valence-corrected chi connectivity index (χ0v) is 10.7. The molecule has 1 fully saturated rings. The number of benzene rings is 1. The van der Waals surface area contributed by atoms with Crippen LogP contribution in [0.3, 0.4) is 0 Å². The summed E-state index contributed by atoms with van der Waals surface area (Å²) in [5.41, 5.74) is 1.04. The first kappa shape index (κ1) is 11.5. The van der Waals surface area contributed by atoms with Crippen LogP contribution in [-0.4, -0.2) is 36.4 Å². The molecular weight excluding hydrogens is 248 g/mol. The van der Waals surface area contributed by atoms with Gasteiger partial charge in [-0.25, -0.2) is 4.98 Å². The van der Waals surface area contributed by atoms with Crippen molar-refractivity contribution in [3.8, 4) is 16.3 Å². The number of phenols is 1. The van der Waals surface area contributed by atoms with E-state index in [1.807, 2.05) is 12.1 Å². The van der Waals surface area contributed by atoms with E-state index >= 15 is 0 Å². The average Bonchev–Trinajstić information content (AvgIpc) is 2.90. The minimum Gasteiger partial charge on any atom is -0.508 e. The molecule has 1 aliphatic rings. The van der Waals surface area contributed by atoms with E-state index < -0.39 is 0 Å². The molecule has 2 heterocycles. The van der Waals surface area contributed by atoms with Crippen molar-refractivity contribution in [2.45, 2.75) is 0 Å². The Morgan fingerprint density at radius 1 is 1.17 bits per heavy atom. The van der Waals surface area contributed by atoms with Gasteiger partial charge in [-0.1, -0.05) is 0 Å². The fraction of sp³-hybridized carbons (Fsp3) is 0.308. The van der Waals surface area contributed by atoms with Gasteiger partial charge in [-0.2, -0.15) is 0 Å². The minimum absolute atomic E-state index is 0.281. The minimum atomic E-state index is 0.281. The highest BCUT2D eigenvalue weighted by molar-refractivity contribution is 7.13. The summed E-state index contributed by atoms with van der Waals surface area (Å²) in [6.07, 6.45) is 0. The summed E-state index contributed by atoms with van der Waals surface area (Å²) in [4.78, 5) is 6.88. The predicted octanol–water partition coefficient (Wildman–Crippen LogP) is 2.35. The number of hydrogen-bond donors (Lipinski definition) is 1. The second-order valence-electron chi connectivity index (χ2n) is 4.16. The molecule has 1 aliphatic heterocycles. The lowest BCUT2D eigenvalue weighted by Gasteiger charge is -2.26. The van der Waals surface area contributed by atoms with Gasteiger partial charge >= 0.3 is 0 Å². The molecule has 18 heavy (non-hydrogen) atoms. The van der Waals surface area contributed by atoms with Crippen molar-refractivity contribution in [2.75, 3.05) is 31.2 Å². The first-order chi connectivity index (χ1) is 8.83. The molecule has 3 rings (SSSR count). The molecule has 1 aromatic heterocycles. The van der Waals surface area contributed by atoms with Crippen molar-refractivity contribution in [3.63, 3.8) is 0 Å². The zero-order chi connectivity index (χ0) is 12.4. The molecule has 0 unspecified atom stereocenters. The van der Waals surface area contributed by atoms with E-state index in [-0.39, 0.29) is 5.75 Å². The van der Waals surface area contributed by atoms with Gasteiger partial charge in [0.05, 0.1) is 13.2 Å². The van der Waals surface area contributed by atoms with E-state index in [0.717, 1.165) is 42.7 Å². The van der Waals surface area contributed by atoms with E-state index in [0.29, 0.717) is 0 Å². The van der Waals surface area contributed by atoms with Crippen LogP contribution in [0.15, 0.2) is 29.6 Å². The Morgan fingerprint density at radius 3 is 2.61 bits per heavy atom. The van der Waals surface area contributed by atoms with Crippen LogP contribution in [0.2, 0.25) is 0 Å². The smallest absolute Gasteiger partial charge is 0.140 e. The van der Waals surface area contributed by atoms with Crippen molar-refractivity contribution in [2.24, 2.45) is 0 Å². The van der Waals surface area contributed by atoms with E-state index in [1.54, 1.807) is 23.5 Å². The fourth-order valence-electron chi connectivity index (χ4n) is 1.94.